The van der Waals surface area contributed by atoms with Crippen molar-refractivity contribution in [2.45, 2.75) is 56.8 Å². The number of fused-ring (bicyclic) bond motifs is 2. The Labute approximate surface area is 143 Å². The van der Waals surface area contributed by atoms with E-state index in [-0.39, 0.29) is 17.1 Å². The smallest absolute Gasteiger partial charge is 0.227 e. The van der Waals surface area contributed by atoms with E-state index in [0.717, 1.165) is 56.4 Å². The molecule has 2 aliphatic heterocycles. The molecule has 0 radical (unpaired) electrons. The van der Waals surface area contributed by atoms with Gasteiger partial charge in [0.25, 0.3) is 0 Å². The van der Waals surface area contributed by atoms with Crippen molar-refractivity contribution >= 4 is 11.6 Å². The van der Waals surface area contributed by atoms with Crippen LogP contribution < -0.4 is 10.2 Å². The van der Waals surface area contributed by atoms with Gasteiger partial charge in [0.2, 0.25) is 5.91 Å². The second-order valence-electron chi connectivity index (χ2n) is 7.83. The summed E-state index contributed by atoms with van der Waals surface area (Å²) in [6, 6.07) is 5.24. The van der Waals surface area contributed by atoms with Gasteiger partial charge in [0.1, 0.15) is 5.82 Å². The van der Waals surface area contributed by atoms with Crippen LogP contribution >= 0.6 is 0 Å². The molecule has 1 saturated carbocycles. The Morgan fingerprint density at radius 2 is 2.00 bits per heavy atom. The minimum Gasteiger partial charge on any atom is -0.317 e. The van der Waals surface area contributed by atoms with E-state index in [9.17, 15) is 9.18 Å². The number of hydrogen-bond acceptors (Lipinski definition) is 2. The quantitative estimate of drug-likeness (QED) is 0.915. The molecule has 1 amide bonds. The SMILES string of the molecule is O=C(CCC1CCNCC1)N1CC2(CCCC2)c2c(F)cccc21. The van der Waals surface area contributed by atoms with E-state index in [0.29, 0.717) is 18.9 Å². The van der Waals surface area contributed by atoms with E-state index < -0.39 is 0 Å². The van der Waals surface area contributed by atoms with Crippen LogP contribution in [-0.2, 0) is 10.2 Å². The summed E-state index contributed by atoms with van der Waals surface area (Å²) in [4.78, 5) is 14.8. The van der Waals surface area contributed by atoms with Gasteiger partial charge in [0.15, 0.2) is 0 Å². The molecule has 130 valence electrons. The summed E-state index contributed by atoms with van der Waals surface area (Å²) < 4.78 is 14.6. The van der Waals surface area contributed by atoms with Gasteiger partial charge >= 0.3 is 0 Å². The van der Waals surface area contributed by atoms with E-state index in [1.165, 1.54) is 12.8 Å². The standard InChI is InChI=1S/C20H27FN2O/c21-16-4-3-5-17-19(16)20(10-1-2-11-20)14-23(17)18(24)7-6-15-8-12-22-13-9-15/h3-5,15,22H,1-2,6-14H2. The number of nitrogens with one attached hydrogen (secondary N) is 1. The molecule has 2 heterocycles. The number of nitrogens with zero attached hydrogens (tertiary/aromatic N) is 1. The van der Waals surface area contributed by atoms with Crippen molar-refractivity contribution in [3.05, 3.63) is 29.6 Å². The van der Waals surface area contributed by atoms with Crippen LogP contribution in [0, 0.1) is 11.7 Å². The Balaban J connectivity index is 1.51. The summed E-state index contributed by atoms with van der Waals surface area (Å²) in [5, 5.41) is 3.37. The monoisotopic (exact) mass is 330 g/mol. The molecule has 2 fully saturated rings. The predicted molar refractivity (Wildman–Crippen MR) is 93.7 cm³/mol. The number of carbonyl (C=O) groups excluding carboxylic acids is 1. The van der Waals surface area contributed by atoms with Gasteiger partial charge in [0.05, 0.1) is 5.69 Å². The summed E-state index contributed by atoms with van der Waals surface area (Å²) in [7, 11) is 0. The zero-order chi connectivity index (χ0) is 16.6. The number of carbonyl (C=O) groups is 1. The Hall–Kier alpha value is -1.42. The van der Waals surface area contributed by atoms with Crippen LogP contribution in [0.4, 0.5) is 10.1 Å². The maximum absolute atomic E-state index is 14.6. The molecule has 0 atom stereocenters. The van der Waals surface area contributed by atoms with E-state index in [1.807, 2.05) is 11.0 Å². The van der Waals surface area contributed by atoms with Crippen LogP contribution in [0.3, 0.4) is 0 Å². The molecule has 0 aromatic heterocycles. The van der Waals surface area contributed by atoms with Crippen LogP contribution in [-0.4, -0.2) is 25.5 Å². The fraction of sp³-hybridized carbons (Fsp3) is 0.650. The first kappa shape index (κ1) is 16.1. The third-order valence-electron chi connectivity index (χ3n) is 6.36. The highest BCUT2D eigenvalue weighted by atomic mass is 19.1. The number of halogens is 1. The van der Waals surface area contributed by atoms with Crippen LogP contribution in [0.15, 0.2) is 18.2 Å². The summed E-state index contributed by atoms with van der Waals surface area (Å²) in [6.07, 6.45) is 8.21. The largest absolute Gasteiger partial charge is 0.317 e. The van der Waals surface area contributed by atoms with Gasteiger partial charge in [0, 0.05) is 23.9 Å². The number of piperidine rings is 1. The van der Waals surface area contributed by atoms with Crippen LogP contribution in [0.1, 0.15) is 56.9 Å². The predicted octanol–water partition coefficient (Wildman–Crippen LogP) is 3.76. The highest BCUT2D eigenvalue weighted by Gasteiger charge is 2.47. The minimum absolute atomic E-state index is 0.120. The number of hydrogen-bond donors (Lipinski definition) is 1. The van der Waals surface area contributed by atoms with E-state index in [2.05, 4.69) is 5.32 Å². The Kier molecular flexibility index (Phi) is 4.33. The maximum atomic E-state index is 14.6. The Morgan fingerprint density at radius 1 is 1.25 bits per heavy atom. The van der Waals surface area contributed by atoms with Crippen LogP contribution in [0.5, 0.6) is 0 Å². The topological polar surface area (TPSA) is 32.3 Å². The lowest BCUT2D eigenvalue weighted by molar-refractivity contribution is -0.119. The molecule has 3 aliphatic rings. The molecule has 3 nitrogen and oxygen atoms in total. The van der Waals surface area contributed by atoms with Crippen molar-refractivity contribution in [3.63, 3.8) is 0 Å². The summed E-state index contributed by atoms with van der Waals surface area (Å²) >= 11 is 0. The normalized spacial score (nSPS) is 23.0. The highest BCUT2D eigenvalue weighted by molar-refractivity contribution is 5.96. The zero-order valence-electron chi connectivity index (χ0n) is 14.3. The van der Waals surface area contributed by atoms with Crippen molar-refractivity contribution in [1.82, 2.24) is 5.32 Å². The molecule has 1 aromatic carbocycles. The summed E-state index contributed by atoms with van der Waals surface area (Å²) in [5.41, 5.74) is 1.54. The fourth-order valence-corrected chi connectivity index (χ4v) is 5.04. The minimum atomic E-state index is -0.122. The molecule has 1 N–H and O–H groups in total. The molecule has 0 unspecified atom stereocenters. The Morgan fingerprint density at radius 3 is 2.75 bits per heavy atom. The lowest BCUT2D eigenvalue weighted by Crippen LogP contribution is -2.36. The maximum Gasteiger partial charge on any atom is 0.227 e. The van der Waals surface area contributed by atoms with Crippen molar-refractivity contribution < 1.29 is 9.18 Å². The first-order chi connectivity index (χ1) is 11.7. The summed E-state index contributed by atoms with van der Waals surface area (Å²) in [5.74, 6) is 0.720. The van der Waals surface area contributed by atoms with Gasteiger partial charge < -0.3 is 10.2 Å². The fourth-order valence-electron chi connectivity index (χ4n) is 5.04. The Bertz CT molecular complexity index is 618. The molecule has 4 heteroatoms. The van der Waals surface area contributed by atoms with Crippen LogP contribution in [0.2, 0.25) is 0 Å². The molecular formula is C20H27FN2O. The molecule has 1 saturated heterocycles. The second kappa shape index (κ2) is 6.47. The van der Waals surface area contributed by atoms with Crippen molar-refractivity contribution in [2.75, 3.05) is 24.5 Å². The van der Waals surface area contributed by atoms with Gasteiger partial charge in [-0.2, -0.15) is 0 Å². The molecule has 24 heavy (non-hydrogen) atoms. The molecule has 0 bridgehead atoms. The van der Waals surface area contributed by atoms with Crippen molar-refractivity contribution in [3.8, 4) is 0 Å². The average molecular weight is 330 g/mol. The van der Waals surface area contributed by atoms with Crippen LogP contribution in [0.25, 0.3) is 0 Å². The number of anilines is 1. The second-order valence-corrected chi connectivity index (χ2v) is 7.83. The van der Waals surface area contributed by atoms with Gasteiger partial charge in [-0.3, -0.25) is 4.79 Å². The highest BCUT2D eigenvalue weighted by Crippen LogP contribution is 2.51. The van der Waals surface area contributed by atoms with E-state index >= 15 is 0 Å². The molecule has 4 rings (SSSR count). The van der Waals surface area contributed by atoms with Crippen molar-refractivity contribution in [2.24, 2.45) is 5.92 Å². The summed E-state index contributed by atoms with van der Waals surface area (Å²) in [6.45, 7) is 2.83. The molecule has 1 aromatic rings. The third kappa shape index (κ3) is 2.75. The number of amides is 1. The third-order valence-corrected chi connectivity index (χ3v) is 6.36. The zero-order valence-corrected chi connectivity index (χ0v) is 14.3. The van der Waals surface area contributed by atoms with Gasteiger partial charge in [-0.25, -0.2) is 4.39 Å². The van der Waals surface area contributed by atoms with Crippen molar-refractivity contribution in [1.29, 1.82) is 0 Å². The number of benzene rings is 1. The van der Waals surface area contributed by atoms with E-state index in [1.54, 1.807) is 12.1 Å². The average Bonchev–Trinajstić information content (AvgIpc) is 3.20. The van der Waals surface area contributed by atoms with Gasteiger partial charge in [-0.15, -0.1) is 0 Å². The van der Waals surface area contributed by atoms with E-state index in [4.69, 9.17) is 0 Å². The molecular weight excluding hydrogens is 303 g/mol. The number of rotatable bonds is 3. The first-order valence-corrected chi connectivity index (χ1v) is 9.50. The first-order valence-electron chi connectivity index (χ1n) is 9.50. The van der Waals surface area contributed by atoms with Gasteiger partial charge in [-0.1, -0.05) is 18.9 Å². The van der Waals surface area contributed by atoms with Gasteiger partial charge in [-0.05, 0) is 63.2 Å². The lowest BCUT2D eigenvalue weighted by Gasteiger charge is -2.26. The molecule has 1 aliphatic carbocycles. The molecule has 1 spiro atoms. The lowest BCUT2D eigenvalue weighted by atomic mass is 9.80.